The Morgan fingerprint density at radius 3 is 2.65 bits per heavy atom. The lowest BCUT2D eigenvalue weighted by atomic mass is 10.0. The van der Waals surface area contributed by atoms with Crippen LogP contribution in [0, 0.1) is 0 Å². The molecule has 2 aliphatic rings. The number of likely N-dealkylation sites (tertiary alicyclic amines) is 1. The fourth-order valence-corrected chi connectivity index (χ4v) is 5.89. The number of allylic oxidation sites excluding steroid dienone is 1. The number of carbonyl (C=O) groups is 2. The van der Waals surface area contributed by atoms with Gasteiger partial charge in [0.2, 0.25) is 5.91 Å². The van der Waals surface area contributed by atoms with Gasteiger partial charge in [-0.05, 0) is 68.4 Å². The summed E-state index contributed by atoms with van der Waals surface area (Å²) in [5.74, 6) is 0.0911. The van der Waals surface area contributed by atoms with Crippen LogP contribution in [0.4, 0.5) is 14.5 Å². The highest BCUT2D eigenvalue weighted by molar-refractivity contribution is 9.10. The summed E-state index contributed by atoms with van der Waals surface area (Å²) in [4.78, 5) is 35.0. The summed E-state index contributed by atoms with van der Waals surface area (Å²) < 4.78 is 39.6. The van der Waals surface area contributed by atoms with Gasteiger partial charge < -0.3 is 25.0 Å². The van der Waals surface area contributed by atoms with E-state index in [1.165, 1.54) is 41.4 Å². The van der Waals surface area contributed by atoms with Gasteiger partial charge in [-0.25, -0.2) is 4.99 Å². The number of halogens is 4. The molecule has 3 heterocycles. The highest BCUT2D eigenvalue weighted by atomic mass is 79.9. The van der Waals surface area contributed by atoms with Crippen molar-refractivity contribution in [2.75, 3.05) is 38.6 Å². The largest absolute Gasteiger partial charge is 0.492 e. The minimum Gasteiger partial charge on any atom is -0.492 e. The van der Waals surface area contributed by atoms with Gasteiger partial charge in [0.05, 0.1) is 11.3 Å². The highest BCUT2D eigenvalue weighted by Gasteiger charge is 2.27. The second-order valence-electron chi connectivity index (χ2n) is 11.2. The van der Waals surface area contributed by atoms with Crippen molar-refractivity contribution in [2.24, 2.45) is 4.99 Å². The fourth-order valence-electron chi connectivity index (χ4n) is 5.45. The van der Waals surface area contributed by atoms with E-state index in [1.807, 2.05) is 24.3 Å². The van der Waals surface area contributed by atoms with Crippen LogP contribution in [0.15, 0.2) is 94.5 Å². The molecular weight excluding hydrogens is 724 g/mol. The monoisotopic (exact) mass is 757 g/mol. The molecule has 0 spiro atoms. The van der Waals surface area contributed by atoms with E-state index in [2.05, 4.69) is 55.2 Å². The number of hydrogen-bond acceptors (Lipinski definition) is 8. The molecule has 5 rings (SSSR count). The van der Waals surface area contributed by atoms with Crippen molar-refractivity contribution in [3.8, 4) is 22.8 Å². The summed E-state index contributed by atoms with van der Waals surface area (Å²) in [6.07, 6.45) is 9.15. The maximum atomic E-state index is 13.4. The van der Waals surface area contributed by atoms with Crippen molar-refractivity contribution in [1.29, 1.82) is 0 Å². The Morgan fingerprint density at radius 2 is 1.98 bits per heavy atom. The molecule has 2 aliphatic heterocycles. The number of alkyl halides is 2. The predicted octanol–water partition coefficient (Wildman–Crippen LogP) is 6.09. The molecular formula is C34H35BrClF2N7O4. The topological polar surface area (TPSA) is 113 Å². The maximum absolute atomic E-state index is 13.4. The standard InChI is InChI=1S/C34H35BrClF2N7O4/c1-3-26(32-39-13-4-14-40-32)33(47)41-28-20-45(42-31(28)27-19-23(36)7-10-29(27)49-34(37)38)21-30(46)44-15-11-24(12-16-44)43(2)17-18-48-25-8-5-22(35)6-9-25/h3-10,13-14,19-20,24,34,39H,1,11-12,15-18,21H2,2H3,(H,41,47)/b32-26-. The van der Waals surface area contributed by atoms with Crippen LogP contribution in [0.5, 0.6) is 11.5 Å². The number of aromatic nitrogens is 2. The lowest BCUT2D eigenvalue weighted by Crippen LogP contribution is -2.47. The van der Waals surface area contributed by atoms with Crippen molar-refractivity contribution in [3.63, 3.8) is 0 Å². The quantitative estimate of drug-likeness (QED) is 0.203. The Balaban J connectivity index is 1.28. The Morgan fingerprint density at radius 1 is 1.22 bits per heavy atom. The third-order valence-corrected chi connectivity index (χ3v) is 8.76. The van der Waals surface area contributed by atoms with Crippen LogP contribution in [0.1, 0.15) is 12.8 Å². The van der Waals surface area contributed by atoms with Gasteiger partial charge in [0, 0.05) is 59.3 Å². The van der Waals surface area contributed by atoms with Gasteiger partial charge in [-0.3, -0.25) is 19.2 Å². The zero-order valence-corrected chi connectivity index (χ0v) is 29.0. The van der Waals surface area contributed by atoms with Crippen molar-refractivity contribution in [2.45, 2.75) is 32.0 Å². The van der Waals surface area contributed by atoms with E-state index in [4.69, 9.17) is 21.1 Å². The molecule has 15 heteroatoms. The van der Waals surface area contributed by atoms with E-state index in [0.717, 1.165) is 29.6 Å². The Labute approximate surface area is 296 Å². The second-order valence-corrected chi connectivity index (χ2v) is 12.6. The Hall–Kier alpha value is -4.53. The van der Waals surface area contributed by atoms with Crippen LogP contribution in [-0.4, -0.2) is 83.6 Å². The number of nitrogens with zero attached hydrogens (tertiary/aromatic N) is 5. The van der Waals surface area contributed by atoms with Crippen LogP contribution in [0.25, 0.3) is 11.3 Å². The SMILES string of the molecule is C=C/C(C(=O)Nc1cn(CC(=O)N2CCC(N(C)CCOc3ccc(Br)cc3)CC2)nc1-c1cc(Cl)ccc1OC(F)F)=C1/N=CC=CN1. The first-order valence-electron chi connectivity index (χ1n) is 15.4. The molecule has 0 atom stereocenters. The minimum absolute atomic E-state index is 0.0819. The summed E-state index contributed by atoms with van der Waals surface area (Å²) in [5, 5.41) is 10.4. The number of anilines is 1. The molecule has 11 nitrogen and oxygen atoms in total. The molecule has 0 aliphatic carbocycles. The Bertz CT molecular complexity index is 1760. The lowest BCUT2D eigenvalue weighted by Gasteiger charge is -2.36. The molecule has 1 saturated heterocycles. The van der Waals surface area contributed by atoms with Crippen molar-refractivity contribution in [3.05, 3.63) is 94.5 Å². The maximum Gasteiger partial charge on any atom is 0.387 e. The van der Waals surface area contributed by atoms with E-state index < -0.39 is 12.5 Å². The van der Waals surface area contributed by atoms with Gasteiger partial charge in [0.1, 0.15) is 36.2 Å². The summed E-state index contributed by atoms with van der Waals surface area (Å²) in [5.41, 5.74) is 0.448. The summed E-state index contributed by atoms with van der Waals surface area (Å²) in [6.45, 7) is 2.84. The fraction of sp³-hybridized carbons (Fsp3) is 0.294. The Kier molecular flexibility index (Phi) is 12.2. The molecule has 2 N–H and O–H groups in total. The average Bonchev–Trinajstić information content (AvgIpc) is 3.48. The first kappa shape index (κ1) is 35.8. The second kappa shape index (κ2) is 16.7. The number of amides is 2. The van der Waals surface area contributed by atoms with Gasteiger partial charge in [0.25, 0.3) is 5.91 Å². The van der Waals surface area contributed by atoms with E-state index in [-0.39, 0.29) is 51.6 Å². The van der Waals surface area contributed by atoms with E-state index in [9.17, 15) is 18.4 Å². The number of likely N-dealkylation sites (N-methyl/N-ethyl adjacent to an activating group) is 1. The molecule has 0 bridgehead atoms. The van der Waals surface area contributed by atoms with Gasteiger partial charge >= 0.3 is 6.61 Å². The zero-order valence-electron chi connectivity index (χ0n) is 26.6. The van der Waals surface area contributed by atoms with Crippen LogP contribution >= 0.6 is 27.5 Å². The molecule has 49 heavy (non-hydrogen) atoms. The molecule has 1 fully saturated rings. The van der Waals surface area contributed by atoms with Gasteiger partial charge in [-0.2, -0.15) is 13.9 Å². The van der Waals surface area contributed by atoms with Gasteiger partial charge in [-0.1, -0.05) is 40.2 Å². The molecule has 0 saturated carbocycles. The summed E-state index contributed by atoms with van der Waals surface area (Å²) in [7, 11) is 2.05. The number of ether oxygens (including phenoxy) is 2. The van der Waals surface area contributed by atoms with Crippen molar-refractivity contribution in [1.82, 2.24) is 24.9 Å². The van der Waals surface area contributed by atoms with Crippen LogP contribution in [-0.2, 0) is 16.1 Å². The number of hydrogen-bond donors (Lipinski definition) is 2. The van der Waals surface area contributed by atoms with E-state index in [0.29, 0.717) is 25.7 Å². The normalized spacial score (nSPS) is 15.7. The molecule has 2 amide bonds. The lowest BCUT2D eigenvalue weighted by molar-refractivity contribution is -0.133. The van der Waals surface area contributed by atoms with Crippen LogP contribution in [0.2, 0.25) is 5.02 Å². The molecule has 258 valence electrons. The number of benzene rings is 2. The third kappa shape index (κ3) is 9.55. The third-order valence-electron chi connectivity index (χ3n) is 8.00. The first-order valence-corrected chi connectivity index (χ1v) is 16.6. The van der Waals surface area contributed by atoms with Crippen molar-refractivity contribution < 1.29 is 27.8 Å². The molecule has 0 unspecified atom stereocenters. The number of aliphatic imine (C=N–C) groups is 1. The van der Waals surface area contributed by atoms with Gasteiger partial charge in [-0.15, -0.1) is 0 Å². The van der Waals surface area contributed by atoms with Crippen LogP contribution < -0.4 is 20.1 Å². The smallest absolute Gasteiger partial charge is 0.387 e. The average molecular weight is 759 g/mol. The van der Waals surface area contributed by atoms with Gasteiger partial charge in [0.15, 0.2) is 0 Å². The number of nitrogens with one attached hydrogen (secondary N) is 2. The molecule has 1 aromatic heterocycles. The highest BCUT2D eigenvalue weighted by Crippen LogP contribution is 2.37. The number of carbonyl (C=O) groups excluding carboxylic acids is 2. The summed E-state index contributed by atoms with van der Waals surface area (Å²) >= 11 is 9.66. The van der Waals surface area contributed by atoms with Crippen LogP contribution in [0.3, 0.4) is 0 Å². The number of piperidine rings is 1. The zero-order chi connectivity index (χ0) is 34.9. The summed E-state index contributed by atoms with van der Waals surface area (Å²) in [6, 6.07) is 12.1. The number of rotatable bonds is 13. The molecule has 0 radical (unpaired) electrons. The molecule has 2 aromatic carbocycles. The van der Waals surface area contributed by atoms with E-state index in [1.54, 1.807) is 17.2 Å². The predicted molar refractivity (Wildman–Crippen MR) is 188 cm³/mol. The molecule has 3 aromatic rings. The first-order chi connectivity index (χ1) is 23.6. The minimum atomic E-state index is -3.12. The van der Waals surface area contributed by atoms with E-state index >= 15 is 0 Å². The van der Waals surface area contributed by atoms with Crippen molar-refractivity contribution >= 4 is 51.2 Å².